The summed E-state index contributed by atoms with van der Waals surface area (Å²) in [4.78, 5) is 2.75. The number of ether oxygens (including phenoxy) is 1. The quantitative estimate of drug-likeness (QED) is 0.724. The molecule has 0 aliphatic carbocycles. The highest BCUT2D eigenvalue weighted by molar-refractivity contribution is 7.71. The molecule has 3 nitrogen and oxygen atoms in total. The maximum atomic E-state index is 13.8. The van der Waals surface area contributed by atoms with Crippen LogP contribution in [0.2, 0.25) is 0 Å². The standard InChI is InChI=1S/C14H10F2N2OS/c1-19-12-5-3-2-4-10(12)18-11-7-8(15)6-9(16)13(11)17-14(18)20/h2-7H,1H3,(H,17,20). The number of fused-ring (bicyclic) bond motifs is 1. The lowest BCUT2D eigenvalue weighted by Gasteiger charge is -2.10. The van der Waals surface area contributed by atoms with Crippen molar-refractivity contribution in [3.8, 4) is 11.4 Å². The zero-order chi connectivity index (χ0) is 14.3. The molecule has 1 heterocycles. The first-order valence-corrected chi connectivity index (χ1v) is 6.26. The van der Waals surface area contributed by atoms with E-state index in [1.807, 2.05) is 6.07 Å². The summed E-state index contributed by atoms with van der Waals surface area (Å²) in [5, 5.41) is 0. The fraction of sp³-hybridized carbons (Fsp3) is 0.0714. The second-order valence-electron chi connectivity index (χ2n) is 4.22. The summed E-state index contributed by atoms with van der Waals surface area (Å²) < 4.78 is 34.3. The molecular weight excluding hydrogens is 282 g/mol. The molecule has 6 heteroatoms. The first kappa shape index (κ1) is 12.8. The molecule has 0 fully saturated rings. The van der Waals surface area contributed by atoms with Crippen molar-refractivity contribution in [3.63, 3.8) is 0 Å². The zero-order valence-corrected chi connectivity index (χ0v) is 11.3. The molecule has 3 rings (SSSR count). The van der Waals surface area contributed by atoms with E-state index in [1.165, 1.54) is 13.2 Å². The van der Waals surface area contributed by atoms with E-state index in [-0.39, 0.29) is 10.3 Å². The van der Waals surface area contributed by atoms with Gasteiger partial charge in [0.05, 0.1) is 18.3 Å². The van der Waals surface area contributed by atoms with Crippen molar-refractivity contribution in [1.82, 2.24) is 9.55 Å². The molecule has 2 aromatic carbocycles. The highest BCUT2D eigenvalue weighted by Gasteiger charge is 2.14. The van der Waals surface area contributed by atoms with Crippen molar-refractivity contribution in [3.05, 3.63) is 52.8 Å². The summed E-state index contributed by atoms with van der Waals surface area (Å²) in [5.74, 6) is -0.776. The Morgan fingerprint density at radius 1 is 1.20 bits per heavy atom. The number of rotatable bonds is 2. The topological polar surface area (TPSA) is 29.9 Å². The number of halogens is 2. The van der Waals surface area contributed by atoms with Gasteiger partial charge in [0.25, 0.3) is 0 Å². The Balaban J connectivity index is 2.42. The van der Waals surface area contributed by atoms with Gasteiger partial charge in [0.15, 0.2) is 10.6 Å². The first-order valence-electron chi connectivity index (χ1n) is 5.85. The summed E-state index contributed by atoms with van der Waals surface area (Å²) in [5.41, 5.74) is 1.12. The largest absolute Gasteiger partial charge is 0.495 e. The Bertz CT molecular complexity index is 854. The smallest absolute Gasteiger partial charge is 0.182 e. The van der Waals surface area contributed by atoms with Crippen LogP contribution in [0, 0.1) is 16.4 Å². The van der Waals surface area contributed by atoms with E-state index in [2.05, 4.69) is 4.98 Å². The Morgan fingerprint density at radius 3 is 2.70 bits per heavy atom. The Labute approximate surface area is 118 Å². The van der Waals surface area contributed by atoms with Gasteiger partial charge < -0.3 is 9.72 Å². The molecule has 0 bridgehead atoms. The van der Waals surface area contributed by atoms with Gasteiger partial charge in [0, 0.05) is 12.1 Å². The monoisotopic (exact) mass is 292 g/mol. The van der Waals surface area contributed by atoms with Crippen LogP contribution in [0.1, 0.15) is 0 Å². The average molecular weight is 292 g/mol. The predicted molar refractivity (Wildman–Crippen MR) is 74.9 cm³/mol. The first-order chi connectivity index (χ1) is 9.61. The molecule has 0 amide bonds. The fourth-order valence-electron chi connectivity index (χ4n) is 2.19. The molecule has 1 aromatic heterocycles. The molecule has 0 saturated carbocycles. The minimum absolute atomic E-state index is 0.169. The fourth-order valence-corrected chi connectivity index (χ4v) is 2.48. The molecule has 0 radical (unpaired) electrons. The lowest BCUT2D eigenvalue weighted by molar-refractivity contribution is 0.413. The van der Waals surface area contributed by atoms with E-state index in [9.17, 15) is 8.78 Å². The third kappa shape index (κ3) is 1.89. The van der Waals surface area contributed by atoms with Crippen LogP contribution < -0.4 is 4.74 Å². The molecule has 0 atom stereocenters. The Hall–Kier alpha value is -2.21. The molecule has 102 valence electrons. The van der Waals surface area contributed by atoms with Gasteiger partial charge in [0.1, 0.15) is 17.1 Å². The van der Waals surface area contributed by atoms with Crippen LogP contribution in [0.5, 0.6) is 5.75 Å². The molecule has 0 spiro atoms. The molecular formula is C14H10F2N2OS. The van der Waals surface area contributed by atoms with Crippen LogP contribution in [0.4, 0.5) is 8.78 Å². The van der Waals surface area contributed by atoms with Crippen molar-refractivity contribution in [2.45, 2.75) is 0 Å². The number of aromatic amines is 1. The number of nitrogens with zero attached hydrogens (tertiary/aromatic N) is 1. The summed E-state index contributed by atoms with van der Waals surface area (Å²) in [7, 11) is 1.53. The molecule has 1 N–H and O–H groups in total. The average Bonchev–Trinajstić information content (AvgIpc) is 2.75. The van der Waals surface area contributed by atoms with Crippen LogP contribution in [-0.2, 0) is 0 Å². The molecule has 0 aliphatic rings. The second-order valence-corrected chi connectivity index (χ2v) is 4.61. The number of aromatic nitrogens is 2. The van der Waals surface area contributed by atoms with Gasteiger partial charge in [-0.25, -0.2) is 8.78 Å². The third-order valence-corrected chi connectivity index (χ3v) is 3.32. The number of nitrogens with one attached hydrogen (secondary N) is 1. The van der Waals surface area contributed by atoms with Gasteiger partial charge in [-0.15, -0.1) is 0 Å². The lowest BCUT2D eigenvalue weighted by Crippen LogP contribution is -1.98. The molecule has 0 saturated heterocycles. The number of methoxy groups -OCH3 is 1. The number of hydrogen-bond acceptors (Lipinski definition) is 2. The van der Waals surface area contributed by atoms with E-state index in [0.29, 0.717) is 17.0 Å². The minimum atomic E-state index is -0.681. The number of hydrogen-bond donors (Lipinski definition) is 1. The summed E-state index contributed by atoms with van der Waals surface area (Å²) in [6.07, 6.45) is 0. The van der Waals surface area contributed by atoms with Crippen LogP contribution in [-0.4, -0.2) is 16.7 Å². The van der Waals surface area contributed by atoms with Crippen LogP contribution in [0.15, 0.2) is 36.4 Å². The number of imidazole rings is 1. The van der Waals surface area contributed by atoms with E-state index in [4.69, 9.17) is 17.0 Å². The zero-order valence-electron chi connectivity index (χ0n) is 10.5. The third-order valence-electron chi connectivity index (χ3n) is 3.04. The number of benzene rings is 2. The second kappa shape index (κ2) is 4.72. The highest BCUT2D eigenvalue weighted by atomic mass is 32.1. The normalized spacial score (nSPS) is 10.9. The van der Waals surface area contributed by atoms with Gasteiger partial charge in [-0.3, -0.25) is 4.57 Å². The van der Waals surface area contributed by atoms with Crippen molar-refractivity contribution in [2.24, 2.45) is 0 Å². The maximum absolute atomic E-state index is 13.8. The molecule has 0 aliphatic heterocycles. The predicted octanol–water partition coefficient (Wildman–Crippen LogP) is 3.97. The van der Waals surface area contributed by atoms with Crippen molar-refractivity contribution in [1.29, 1.82) is 0 Å². The highest BCUT2D eigenvalue weighted by Crippen LogP contribution is 2.28. The summed E-state index contributed by atoms with van der Waals surface area (Å²) >= 11 is 5.21. The number of H-pyrrole nitrogens is 1. The van der Waals surface area contributed by atoms with Crippen molar-refractivity contribution >= 4 is 23.3 Å². The van der Waals surface area contributed by atoms with Crippen molar-refractivity contribution < 1.29 is 13.5 Å². The van der Waals surface area contributed by atoms with E-state index in [1.54, 1.807) is 22.8 Å². The van der Waals surface area contributed by atoms with Crippen LogP contribution in [0.3, 0.4) is 0 Å². The van der Waals surface area contributed by atoms with Gasteiger partial charge >= 0.3 is 0 Å². The molecule has 0 unspecified atom stereocenters. The molecule has 3 aromatic rings. The van der Waals surface area contributed by atoms with Gasteiger partial charge in [0.2, 0.25) is 0 Å². The minimum Gasteiger partial charge on any atom is -0.495 e. The summed E-state index contributed by atoms with van der Waals surface area (Å²) in [6.45, 7) is 0. The van der Waals surface area contributed by atoms with E-state index < -0.39 is 11.6 Å². The van der Waals surface area contributed by atoms with E-state index >= 15 is 0 Å². The van der Waals surface area contributed by atoms with Crippen LogP contribution >= 0.6 is 12.2 Å². The van der Waals surface area contributed by atoms with Gasteiger partial charge in [-0.05, 0) is 24.4 Å². The Morgan fingerprint density at radius 2 is 1.95 bits per heavy atom. The molecule has 20 heavy (non-hydrogen) atoms. The SMILES string of the molecule is COc1ccccc1-n1c(=S)[nH]c2c(F)cc(F)cc21. The van der Waals surface area contributed by atoms with Crippen LogP contribution in [0.25, 0.3) is 16.7 Å². The Kier molecular flexibility index (Phi) is 3.02. The number of para-hydroxylation sites is 2. The summed E-state index contributed by atoms with van der Waals surface area (Å²) in [6, 6.07) is 9.18. The van der Waals surface area contributed by atoms with Gasteiger partial charge in [-0.1, -0.05) is 12.1 Å². The maximum Gasteiger partial charge on any atom is 0.182 e. The van der Waals surface area contributed by atoms with Crippen molar-refractivity contribution in [2.75, 3.05) is 7.11 Å². The lowest BCUT2D eigenvalue weighted by atomic mass is 10.2. The van der Waals surface area contributed by atoms with Gasteiger partial charge in [-0.2, -0.15) is 0 Å². The van der Waals surface area contributed by atoms with E-state index in [0.717, 1.165) is 6.07 Å².